The van der Waals surface area contributed by atoms with Gasteiger partial charge in [0.15, 0.2) is 0 Å². The fourth-order valence-electron chi connectivity index (χ4n) is 1.26. The van der Waals surface area contributed by atoms with E-state index < -0.39 is 0 Å². The van der Waals surface area contributed by atoms with Crippen molar-refractivity contribution in [2.45, 2.75) is 6.54 Å². The van der Waals surface area contributed by atoms with Crippen molar-refractivity contribution in [1.82, 2.24) is 4.90 Å². The van der Waals surface area contributed by atoms with Crippen molar-refractivity contribution in [2.24, 2.45) is 0 Å². The lowest BCUT2D eigenvalue weighted by atomic mass is 10.1. The lowest BCUT2D eigenvalue weighted by Gasteiger charge is -2.14. The van der Waals surface area contributed by atoms with Crippen LogP contribution in [-0.4, -0.2) is 36.5 Å². The van der Waals surface area contributed by atoms with E-state index in [4.69, 9.17) is 5.11 Å². The first-order chi connectivity index (χ1) is 6.76. The van der Waals surface area contributed by atoms with E-state index in [1.54, 1.807) is 12.1 Å². The minimum Gasteiger partial charge on any atom is -0.395 e. The SMILES string of the molecule is CN(CCO)Cc1ccc(C=O)cc1. The van der Waals surface area contributed by atoms with Gasteiger partial charge in [0.25, 0.3) is 0 Å². The Bertz CT molecular complexity index is 282. The molecule has 0 aliphatic rings. The van der Waals surface area contributed by atoms with Gasteiger partial charge in [-0.3, -0.25) is 9.69 Å². The first-order valence-electron chi connectivity index (χ1n) is 4.60. The van der Waals surface area contributed by atoms with Crippen LogP contribution in [0.5, 0.6) is 0 Å². The number of carbonyl (C=O) groups is 1. The quantitative estimate of drug-likeness (QED) is 0.707. The van der Waals surface area contributed by atoms with Gasteiger partial charge in [-0.05, 0) is 12.6 Å². The number of nitrogens with zero attached hydrogens (tertiary/aromatic N) is 1. The molecule has 0 spiro atoms. The first-order valence-corrected chi connectivity index (χ1v) is 4.60. The predicted octanol–water partition coefficient (Wildman–Crippen LogP) is 0.923. The number of carbonyl (C=O) groups excluding carboxylic acids is 1. The van der Waals surface area contributed by atoms with Crippen molar-refractivity contribution >= 4 is 6.29 Å². The van der Waals surface area contributed by atoms with Crippen molar-refractivity contribution in [3.05, 3.63) is 35.4 Å². The summed E-state index contributed by atoms with van der Waals surface area (Å²) in [5, 5.41) is 8.71. The van der Waals surface area contributed by atoms with Crippen LogP contribution in [0.2, 0.25) is 0 Å². The average molecular weight is 193 g/mol. The van der Waals surface area contributed by atoms with E-state index in [0.717, 1.165) is 18.4 Å². The topological polar surface area (TPSA) is 40.5 Å². The minimum absolute atomic E-state index is 0.170. The number of aliphatic hydroxyl groups is 1. The zero-order valence-electron chi connectivity index (χ0n) is 8.31. The molecule has 14 heavy (non-hydrogen) atoms. The molecule has 0 heterocycles. The third-order valence-electron chi connectivity index (χ3n) is 2.05. The molecule has 0 atom stereocenters. The Hall–Kier alpha value is -1.19. The Balaban J connectivity index is 2.55. The molecule has 0 aromatic heterocycles. The van der Waals surface area contributed by atoms with Gasteiger partial charge in [0.2, 0.25) is 0 Å². The molecule has 76 valence electrons. The van der Waals surface area contributed by atoms with Crippen LogP contribution in [0.4, 0.5) is 0 Å². The second-order valence-electron chi connectivity index (χ2n) is 3.32. The second kappa shape index (κ2) is 5.52. The number of likely N-dealkylation sites (N-methyl/N-ethyl adjacent to an activating group) is 1. The minimum atomic E-state index is 0.170. The van der Waals surface area contributed by atoms with Crippen LogP contribution in [0.25, 0.3) is 0 Å². The highest BCUT2D eigenvalue weighted by Crippen LogP contribution is 2.04. The lowest BCUT2D eigenvalue weighted by Crippen LogP contribution is -2.21. The molecule has 1 aromatic rings. The summed E-state index contributed by atoms with van der Waals surface area (Å²) in [4.78, 5) is 12.4. The van der Waals surface area contributed by atoms with Gasteiger partial charge in [-0.25, -0.2) is 0 Å². The maximum atomic E-state index is 10.4. The Morgan fingerprint density at radius 3 is 2.50 bits per heavy atom. The Labute approximate surface area is 84.0 Å². The second-order valence-corrected chi connectivity index (χ2v) is 3.32. The number of rotatable bonds is 5. The predicted molar refractivity (Wildman–Crippen MR) is 55.2 cm³/mol. The van der Waals surface area contributed by atoms with Gasteiger partial charge in [0.05, 0.1) is 6.61 Å². The van der Waals surface area contributed by atoms with Crippen molar-refractivity contribution in [1.29, 1.82) is 0 Å². The van der Waals surface area contributed by atoms with Gasteiger partial charge < -0.3 is 5.11 Å². The van der Waals surface area contributed by atoms with Gasteiger partial charge in [0.1, 0.15) is 6.29 Å². The van der Waals surface area contributed by atoms with Gasteiger partial charge >= 0.3 is 0 Å². The zero-order valence-corrected chi connectivity index (χ0v) is 8.31. The fraction of sp³-hybridized carbons (Fsp3) is 0.364. The molecule has 0 fully saturated rings. The van der Waals surface area contributed by atoms with Crippen molar-refractivity contribution in [3.8, 4) is 0 Å². The molecular formula is C11H15NO2. The molecule has 0 radical (unpaired) electrons. The van der Waals surface area contributed by atoms with Crippen LogP contribution in [0.1, 0.15) is 15.9 Å². The molecule has 0 bridgehead atoms. The molecule has 1 rings (SSSR count). The summed E-state index contributed by atoms with van der Waals surface area (Å²) < 4.78 is 0. The molecule has 0 saturated heterocycles. The molecule has 1 N–H and O–H groups in total. The van der Waals surface area contributed by atoms with Crippen molar-refractivity contribution < 1.29 is 9.90 Å². The molecule has 0 saturated carbocycles. The highest BCUT2D eigenvalue weighted by Gasteiger charge is 1.99. The summed E-state index contributed by atoms with van der Waals surface area (Å²) in [6.07, 6.45) is 0.835. The molecule has 3 heteroatoms. The Kier molecular flexibility index (Phi) is 4.29. The molecule has 0 amide bonds. The summed E-state index contributed by atoms with van der Waals surface area (Å²) in [5.41, 5.74) is 1.84. The van der Waals surface area contributed by atoms with Gasteiger partial charge in [-0.1, -0.05) is 24.3 Å². The average Bonchev–Trinajstić information content (AvgIpc) is 2.19. The molecule has 3 nitrogen and oxygen atoms in total. The summed E-state index contributed by atoms with van der Waals surface area (Å²) >= 11 is 0. The standard InChI is InChI=1S/C11H15NO2/c1-12(6-7-13)8-10-2-4-11(9-14)5-3-10/h2-5,9,13H,6-8H2,1H3. The van der Waals surface area contributed by atoms with E-state index in [2.05, 4.69) is 0 Å². The summed E-state index contributed by atoms with van der Waals surface area (Å²) in [6.45, 7) is 1.62. The lowest BCUT2D eigenvalue weighted by molar-refractivity contribution is 0.112. The molecule has 0 aliphatic carbocycles. The van der Waals surface area contributed by atoms with Crippen LogP contribution >= 0.6 is 0 Å². The van der Waals surface area contributed by atoms with Crippen molar-refractivity contribution in [2.75, 3.05) is 20.2 Å². The van der Waals surface area contributed by atoms with E-state index in [-0.39, 0.29) is 6.61 Å². The van der Waals surface area contributed by atoms with E-state index in [1.165, 1.54) is 0 Å². The Morgan fingerprint density at radius 2 is 2.00 bits per heavy atom. The number of hydrogen-bond acceptors (Lipinski definition) is 3. The van der Waals surface area contributed by atoms with Gasteiger partial charge in [-0.2, -0.15) is 0 Å². The third kappa shape index (κ3) is 3.28. The van der Waals surface area contributed by atoms with Gasteiger partial charge in [0, 0.05) is 18.7 Å². The summed E-state index contributed by atoms with van der Waals surface area (Å²) in [7, 11) is 1.95. The maximum Gasteiger partial charge on any atom is 0.150 e. The smallest absolute Gasteiger partial charge is 0.150 e. The molecule has 0 unspecified atom stereocenters. The zero-order chi connectivity index (χ0) is 10.4. The third-order valence-corrected chi connectivity index (χ3v) is 2.05. The number of aldehydes is 1. The van der Waals surface area contributed by atoms with Crippen LogP contribution in [0.3, 0.4) is 0 Å². The molecule has 0 aliphatic heterocycles. The van der Waals surface area contributed by atoms with Crippen LogP contribution < -0.4 is 0 Å². The molecule has 1 aromatic carbocycles. The van der Waals surface area contributed by atoms with Crippen LogP contribution in [0, 0.1) is 0 Å². The summed E-state index contributed by atoms with van der Waals surface area (Å²) in [6, 6.07) is 7.46. The number of hydrogen-bond donors (Lipinski definition) is 1. The summed E-state index contributed by atoms with van der Waals surface area (Å²) in [5.74, 6) is 0. The van der Waals surface area contributed by atoms with Crippen LogP contribution in [-0.2, 0) is 6.54 Å². The van der Waals surface area contributed by atoms with Crippen LogP contribution in [0.15, 0.2) is 24.3 Å². The van der Waals surface area contributed by atoms with E-state index in [9.17, 15) is 4.79 Å². The monoisotopic (exact) mass is 193 g/mol. The fourth-order valence-corrected chi connectivity index (χ4v) is 1.26. The van der Waals surface area contributed by atoms with E-state index in [1.807, 2.05) is 24.1 Å². The normalized spacial score (nSPS) is 10.5. The van der Waals surface area contributed by atoms with Crippen molar-refractivity contribution in [3.63, 3.8) is 0 Å². The number of benzene rings is 1. The highest BCUT2D eigenvalue weighted by atomic mass is 16.3. The molecular weight excluding hydrogens is 178 g/mol. The Morgan fingerprint density at radius 1 is 1.36 bits per heavy atom. The van der Waals surface area contributed by atoms with Gasteiger partial charge in [-0.15, -0.1) is 0 Å². The number of aliphatic hydroxyl groups excluding tert-OH is 1. The van der Waals surface area contributed by atoms with E-state index in [0.29, 0.717) is 12.1 Å². The highest BCUT2D eigenvalue weighted by molar-refractivity contribution is 5.74. The first kappa shape index (κ1) is 10.9. The largest absolute Gasteiger partial charge is 0.395 e. The maximum absolute atomic E-state index is 10.4. The van der Waals surface area contributed by atoms with E-state index >= 15 is 0 Å².